The van der Waals surface area contributed by atoms with Gasteiger partial charge in [0.25, 0.3) is 5.91 Å². The Balaban J connectivity index is 2.81. The maximum absolute atomic E-state index is 12.7. The number of hydrogen-bond donors (Lipinski definition) is 3. The molecular weight excluding hydrogens is 279 g/mol. The van der Waals surface area contributed by atoms with Crippen LogP contribution >= 0.6 is 0 Å². The van der Waals surface area contributed by atoms with Crippen molar-refractivity contribution in [1.29, 1.82) is 0 Å². The minimum Gasteiger partial charge on any atom is -0.480 e. The molecule has 7 nitrogen and oxygen atoms in total. The molecule has 0 saturated carbocycles. The van der Waals surface area contributed by atoms with Crippen LogP contribution in [-0.2, 0) is 15.0 Å². The summed E-state index contributed by atoms with van der Waals surface area (Å²) in [6, 6.07) is 3.01. The number of halogens is 1. The van der Waals surface area contributed by atoms with Gasteiger partial charge in [-0.3, -0.25) is 9.59 Å². The Hall–Kier alpha value is -2.00. The average Bonchev–Trinajstić information content (AvgIpc) is 2.34. The summed E-state index contributed by atoms with van der Waals surface area (Å²) >= 11 is 0. The summed E-state index contributed by atoms with van der Waals surface area (Å²) in [5, 5.41) is 10.7. The zero-order valence-corrected chi connectivity index (χ0v) is 10.4. The molecule has 1 aromatic rings. The second-order valence-corrected chi connectivity index (χ2v) is 4.97. The Morgan fingerprint density at radius 1 is 1.42 bits per heavy atom. The molecule has 1 unspecified atom stereocenters. The van der Waals surface area contributed by atoms with Crippen molar-refractivity contribution in [3.8, 4) is 0 Å². The van der Waals surface area contributed by atoms with E-state index in [0.29, 0.717) is 0 Å². The van der Waals surface area contributed by atoms with Gasteiger partial charge in [0, 0.05) is 12.1 Å². The molecule has 0 spiro atoms. The van der Waals surface area contributed by atoms with E-state index in [1.165, 1.54) is 12.1 Å². The molecule has 1 aromatic carbocycles. The first-order valence-electron chi connectivity index (χ1n) is 5.03. The van der Waals surface area contributed by atoms with Crippen LogP contribution in [0.5, 0.6) is 0 Å². The second-order valence-electron chi connectivity index (χ2n) is 3.62. The molecule has 104 valence electrons. The van der Waals surface area contributed by atoms with Crippen molar-refractivity contribution >= 4 is 22.1 Å². The first kappa shape index (κ1) is 15.1. The van der Waals surface area contributed by atoms with Crippen LogP contribution in [0.4, 0.5) is 3.89 Å². The van der Waals surface area contributed by atoms with Crippen molar-refractivity contribution < 1.29 is 27.0 Å². The monoisotopic (exact) mass is 290 g/mol. The van der Waals surface area contributed by atoms with Crippen molar-refractivity contribution in [3.05, 3.63) is 29.8 Å². The van der Waals surface area contributed by atoms with E-state index in [0.717, 1.165) is 12.1 Å². The highest BCUT2D eigenvalue weighted by Gasteiger charge is 2.16. The van der Waals surface area contributed by atoms with Crippen molar-refractivity contribution in [2.45, 2.75) is 10.9 Å². The number of aliphatic carboxylic acids is 1. The Morgan fingerprint density at radius 3 is 2.58 bits per heavy atom. The van der Waals surface area contributed by atoms with E-state index in [1.807, 2.05) is 0 Å². The van der Waals surface area contributed by atoms with Crippen LogP contribution in [0.25, 0.3) is 0 Å². The number of benzene rings is 1. The van der Waals surface area contributed by atoms with Crippen LogP contribution in [0.3, 0.4) is 0 Å². The lowest BCUT2D eigenvalue weighted by molar-refractivity contribution is -0.138. The fraction of sp³-hybridized carbons (Fsp3) is 0.200. The van der Waals surface area contributed by atoms with Crippen molar-refractivity contribution in [2.24, 2.45) is 5.73 Å². The van der Waals surface area contributed by atoms with Crippen LogP contribution in [-0.4, -0.2) is 38.0 Å². The summed E-state index contributed by atoms with van der Waals surface area (Å²) in [6.07, 6.45) is 0. The molecule has 0 aliphatic rings. The van der Waals surface area contributed by atoms with Gasteiger partial charge in [0.1, 0.15) is 6.04 Å². The lowest BCUT2D eigenvalue weighted by Gasteiger charge is -2.08. The molecule has 0 aromatic heterocycles. The molecule has 9 heteroatoms. The molecule has 0 bridgehead atoms. The molecule has 0 saturated heterocycles. The van der Waals surface area contributed by atoms with E-state index in [-0.39, 0.29) is 12.1 Å². The van der Waals surface area contributed by atoms with Crippen LogP contribution in [0.15, 0.2) is 29.2 Å². The highest BCUT2D eigenvalue weighted by atomic mass is 32.3. The highest BCUT2D eigenvalue weighted by Crippen LogP contribution is 2.13. The molecule has 0 aliphatic heterocycles. The van der Waals surface area contributed by atoms with Gasteiger partial charge in [0.05, 0.1) is 4.90 Å². The van der Waals surface area contributed by atoms with Gasteiger partial charge in [-0.1, -0.05) is 6.07 Å². The van der Waals surface area contributed by atoms with E-state index in [1.54, 1.807) is 0 Å². The number of hydrogen-bond acceptors (Lipinski definition) is 5. The van der Waals surface area contributed by atoms with Crippen LogP contribution in [0.2, 0.25) is 0 Å². The summed E-state index contributed by atoms with van der Waals surface area (Å²) in [5.41, 5.74) is 5.06. The van der Waals surface area contributed by atoms with E-state index >= 15 is 0 Å². The van der Waals surface area contributed by atoms with E-state index in [4.69, 9.17) is 10.8 Å². The number of rotatable bonds is 5. The maximum Gasteiger partial charge on any atom is 0.332 e. The van der Waals surface area contributed by atoms with Gasteiger partial charge in [0.15, 0.2) is 0 Å². The standard InChI is InChI=1S/C10H11FN2O5S/c11-19(17,18)7-3-1-2-6(4-7)9(14)13-5-8(12)10(15)16/h1-4,8H,5,12H2,(H,13,14)(H,15,16). The van der Waals surface area contributed by atoms with Gasteiger partial charge in [-0.15, -0.1) is 3.89 Å². The zero-order valence-electron chi connectivity index (χ0n) is 9.54. The maximum atomic E-state index is 12.7. The molecule has 1 amide bonds. The Kier molecular flexibility index (Phi) is 4.57. The second kappa shape index (κ2) is 5.76. The van der Waals surface area contributed by atoms with Crippen molar-refractivity contribution in [3.63, 3.8) is 0 Å². The van der Waals surface area contributed by atoms with Crippen LogP contribution < -0.4 is 11.1 Å². The molecule has 0 heterocycles. The molecule has 19 heavy (non-hydrogen) atoms. The number of carboxylic acids is 1. The number of carboxylic acid groups (broad SMARTS) is 1. The first-order chi connectivity index (χ1) is 8.71. The molecule has 0 radical (unpaired) electrons. The molecule has 4 N–H and O–H groups in total. The topological polar surface area (TPSA) is 127 Å². The number of amides is 1. The van der Waals surface area contributed by atoms with Gasteiger partial charge >= 0.3 is 16.2 Å². The summed E-state index contributed by atoms with van der Waals surface area (Å²) < 4.78 is 34.1. The van der Waals surface area contributed by atoms with E-state index < -0.39 is 33.0 Å². The third kappa shape index (κ3) is 4.30. The molecule has 1 atom stereocenters. The zero-order chi connectivity index (χ0) is 14.6. The lowest BCUT2D eigenvalue weighted by Crippen LogP contribution is -2.42. The minimum absolute atomic E-state index is 0.115. The first-order valence-corrected chi connectivity index (χ1v) is 6.41. The summed E-state index contributed by atoms with van der Waals surface area (Å²) in [6.45, 7) is -0.333. The SMILES string of the molecule is NC(CNC(=O)c1cccc(S(=O)(=O)F)c1)C(=O)O. The average molecular weight is 290 g/mol. The fourth-order valence-electron chi connectivity index (χ4n) is 1.18. The minimum atomic E-state index is -4.90. The summed E-state index contributed by atoms with van der Waals surface area (Å²) in [5.74, 6) is -2.04. The summed E-state index contributed by atoms with van der Waals surface area (Å²) in [7, 11) is -4.90. The highest BCUT2D eigenvalue weighted by molar-refractivity contribution is 7.86. The Morgan fingerprint density at radius 2 is 2.05 bits per heavy atom. The van der Waals surface area contributed by atoms with Gasteiger partial charge in [-0.2, -0.15) is 8.42 Å². The molecule has 0 fully saturated rings. The smallest absolute Gasteiger partial charge is 0.332 e. The van der Waals surface area contributed by atoms with E-state index in [2.05, 4.69) is 5.32 Å². The van der Waals surface area contributed by atoms with Crippen LogP contribution in [0, 0.1) is 0 Å². The molecular formula is C10H11FN2O5S. The largest absolute Gasteiger partial charge is 0.480 e. The predicted molar refractivity (Wildman–Crippen MR) is 62.7 cm³/mol. The quantitative estimate of drug-likeness (QED) is 0.627. The number of carbonyl (C=O) groups is 2. The fourth-order valence-corrected chi connectivity index (χ4v) is 1.69. The summed E-state index contributed by atoms with van der Waals surface area (Å²) in [4.78, 5) is 21.4. The molecule has 0 aliphatic carbocycles. The number of nitrogens with one attached hydrogen (secondary N) is 1. The van der Waals surface area contributed by atoms with Gasteiger partial charge < -0.3 is 16.2 Å². The normalized spacial score (nSPS) is 12.7. The number of nitrogens with two attached hydrogens (primary N) is 1. The van der Waals surface area contributed by atoms with Crippen molar-refractivity contribution in [2.75, 3.05) is 6.54 Å². The van der Waals surface area contributed by atoms with Crippen LogP contribution in [0.1, 0.15) is 10.4 Å². The van der Waals surface area contributed by atoms with E-state index in [9.17, 15) is 21.9 Å². The Bertz CT molecular complexity index is 602. The third-order valence-electron chi connectivity index (χ3n) is 2.18. The van der Waals surface area contributed by atoms with Gasteiger partial charge in [-0.05, 0) is 18.2 Å². The lowest BCUT2D eigenvalue weighted by atomic mass is 10.2. The van der Waals surface area contributed by atoms with Gasteiger partial charge in [-0.25, -0.2) is 0 Å². The van der Waals surface area contributed by atoms with Gasteiger partial charge in [0.2, 0.25) is 0 Å². The van der Waals surface area contributed by atoms with Crippen molar-refractivity contribution in [1.82, 2.24) is 5.32 Å². The molecule has 1 rings (SSSR count). The third-order valence-corrected chi connectivity index (χ3v) is 2.99. The number of carbonyl (C=O) groups excluding carboxylic acids is 1. The Labute approximate surface area is 108 Å². The predicted octanol–water partition coefficient (Wildman–Crippen LogP) is -0.513.